The summed E-state index contributed by atoms with van der Waals surface area (Å²) in [5, 5.41) is 2.71. The van der Waals surface area contributed by atoms with Gasteiger partial charge < -0.3 is 14.8 Å². The predicted molar refractivity (Wildman–Crippen MR) is 104 cm³/mol. The van der Waals surface area contributed by atoms with Crippen molar-refractivity contribution in [1.29, 1.82) is 0 Å². The molecule has 0 unspecified atom stereocenters. The first-order valence-corrected chi connectivity index (χ1v) is 9.86. The number of nitrogens with zero attached hydrogens (tertiary/aromatic N) is 1. The lowest BCUT2D eigenvalue weighted by Gasteiger charge is -2.19. The van der Waals surface area contributed by atoms with Gasteiger partial charge in [0, 0.05) is 14.1 Å². The number of carbonyl (C=O) groups excluding carboxylic acids is 1. The highest BCUT2D eigenvalue weighted by Gasteiger charge is 2.23. The molecule has 0 radical (unpaired) electrons. The summed E-state index contributed by atoms with van der Waals surface area (Å²) in [4.78, 5) is 12.7. The summed E-state index contributed by atoms with van der Waals surface area (Å²) in [5.74, 6) is 0.546. The van der Waals surface area contributed by atoms with Gasteiger partial charge in [0.15, 0.2) is 6.10 Å². The molecule has 2 rings (SSSR count). The second-order valence-electron chi connectivity index (χ2n) is 5.97. The van der Waals surface area contributed by atoms with E-state index in [0.717, 1.165) is 4.31 Å². The fourth-order valence-electron chi connectivity index (χ4n) is 2.35. The van der Waals surface area contributed by atoms with E-state index in [2.05, 4.69) is 5.32 Å². The van der Waals surface area contributed by atoms with Crippen LogP contribution in [0.5, 0.6) is 11.5 Å². The van der Waals surface area contributed by atoms with Crippen molar-refractivity contribution in [2.45, 2.75) is 24.3 Å². The Kier molecular flexibility index (Phi) is 6.81. The molecule has 1 N–H and O–H groups in total. The highest BCUT2D eigenvalue weighted by molar-refractivity contribution is 7.89. The van der Waals surface area contributed by atoms with E-state index in [-0.39, 0.29) is 16.5 Å². The van der Waals surface area contributed by atoms with Crippen LogP contribution in [0.4, 0.5) is 5.69 Å². The van der Waals surface area contributed by atoms with Crippen molar-refractivity contribution >= 4 is 21.6 Å². The maximum Gasteiger partial charge on any atom is 0.265 e. The van der Waals surface area contributed by atoms with Gasteiger partial charge in [-0.05, 0) is 36.8 Å². The summed E-state index contributed by atoms with van der Waals surface area (Å²) >= 11 is 0. The van der Waals surface area contributed by atoms with Crippen LogP contribution in [0, 0.1) is 0 Å². The second kappa shape index (κ2) is 8.88. The predicted octanol–water partition coefficient (Wildman–Crippen LogP) is 2.74. The number of sulfonamides is 1. The summed E-state index contributed by atoms with van der Waals surface area (Å²) in [7, 11) is 0.694. The Labute approximate surface area is 160 Å². The van der Waals surface area contributed by atoms with Gasteiger partial charge in [0.25, 0.3) is 5.91 Å². The van der Waals surface area contributed by atoms with Crippen LogP contribution < -0.4 is 14.8 Å². The van der Waals surface area contributed by atoms with Gasteiger partial charge in [0.1, 0.15) is 11.5 Å². The van der Waals surface area contributed by atoms with E-state index >= 15 is 0 Å². The normalized spacial score (nSPS) is 12.5. The third-order valence-electron chi connectivity index (χ3n) is 3.89. The molecular weight excluding hydrogens is 368 g/mol. The van der Waals surface area contributed by atoms with Gasteiger partial charge in [-0.25, -0.2) is 12.7 Å². The fraction of sp³-hybridized carbons (Fsp3) is 0.316. The minimum Gasteiger partial charge on any atom is -0.495 e. The van der Waals surface area contributed by atoms with E-state index in [1.807, 2.05) is 25.1 Å². The topological polar surface area (TPSA) is 84.9 Å². The lowest BCUT2D eigenvalue weighted by atomic mass is 10.2. The number of hydrogen-bond acceptors (Lipinski definition) is 5. The van der Waals surface area contributed by atoms with E-state index in [4.69, 9.17) is 9.47 Å². The van der Waals surface area contributed by atoms with Gasteiger partial charge in [-0.15, -0.1) is 0 Å². The molecule has 27 heavy (non-hydrogen) atoms. The van der Waals surface area contributed by atoms with Crippen LogP contribution in [-0.4, -0.2) is 45.9 Å². The Morgan fingerprint density at radius 1 is 1.15 bits per heavy atom. The average Bonchev–Trinajstić information content (AvgIpc) is 2.66. The maximum absolute atomic E-state index is 12.7. The molecular formula is C19H24N2O5S. The summed E-state index contributed by atoms with van der Waals surface area (Å²) < 4.78 is 36.8. The van der Waals surface area contributed by atoms with Gasteiger partial charge in [0.2, 0.25) is 10.0 Å². The molecule has 1 atom stereocenters. The van der Waals surface area contributed by atoms with Crippen molar-refractivity contribution in [1.82, 2.24) is 4.31 Å². The molecule has 2 aromatic rings. The van der Waals surface area contributed by atoms with E-state index in [9.17, 15) is 13.2 Å². The number of anilines is 1. The Morgan fingerprint density at radius 2 is 1.81 bits per heavy atom. The number of amides is 1. The van der Waals surface area contributed by atoms with Crippen molar-refractivity contribution in [2.24, 2.45) is 0 Å². The fourth-order valence-corrected chi connectivity index (χ4v) is 3.28. The quantitative estimate of drug-likeness (QED) is 0.747. The lowest BCUT2D eigenvalue weighted by molar-refractivity contribution is -0.122. The standard InChI is InChI=1S/C19H24N2O5S/c1-5-17(26-14-9-7-6-8-10-14)19(22)20-16-13-15(11-12-18(16)25-4)27(23,24)21(2)3/h6-13,17H,5H2,1-4H3,(H,20,22)/t17-/m0/s1. The number of nitrogens with one attached hydrogen (secondary N) is 1. The summed E-state index contributed by atoms with van der Waals surface area (Å²) in [6.07, 6.45) is -0.287. The molecule has 0 fully saturated rings. The molecule has 0 saturated heterocycles. The number of benzene rings is 2. The number of methoxy groups -OCH3 is 1. The van der Waals surface area contributed by atoms with Crippen LogP contribution in [0.25, 0.3) is 0 Å². The Bertz CT molecular complexity index is 882. The Morgan fingerprint density at radius 3 is 2.37 bits per heavy atom. The van der Waals surface area contributed by atoms with Crippen molar-refractivity contribution in [2.75, 3.05) is 26.5 Å². The van der Waals surface area contributed by atoms with Gasteiger partial charge in [-0.2, -0.15) is 0 Å². The lowest BCUT2D eigenvalue weighted by Crippen LogP contribution is -2.32. The molecule has 1 amide bonds. The molecule has 146 valence electrons. The summed E-state index contributed by atoms with van der Waals surface area (Å²) in [6.45, 7) is 1.83. The van der Waals surface area contributed by atoms with Crippen molar-refractivity contribution in [3.05, 3.63) is 48.5 Å². The van der Waals surface area contributed by atoms with Gasteiger partial charge in [-0.3, -0.25) is 4.79 Å². The monoisotopic (exact) mass is 392 g/mol. The number of para-hydroxylation sites is 1. The average molecular weight is 392 g/mol. The van der Waals surface area contributed by atoms with Crippen molar-refractivity contribution in [3.63, 3.8) is 0 Å². The first-order valence-electron chi connectivity index (χ1n) is 8.42. The molecule has 0 bridgehead atoms. The largest absolute Gasteiger partial charge is 0.495 e. The van der Waals surface area contributed by atoms with Crippen LogP contribution in [0.1, 0.15) is 13.3 Å². The molecule has 8 heteroatoms. The smallest absolute Gasteiger partial charge is 0.265 e. The Hall–Kier alpha value is -2.58. The van der Waals surface area contributed by atoms with Gasteiger partial charge >= 0.3 is 0 Å². The Balaban J connectivity index is 2.27. The molecule has 0 aliphatic carbocycles. The van der Waals surface area contributed by atoms with Crippen LogP contribution in [0.3, 0.4) is 0 Å². The molecule has 7 nitrogen and oxygen atoms in total. The number of ether oxygens (including phenoxy) is 2. The van der Waals surface area contributed by atoms with Crippen LogP contribution >= 0.6 is 0 Å². The van der Waals surface area contributed by atoms with Crippen molar-refractivity contribution < 1.29 is 22.7 Å². The van der Waals surface area contributed by atoms with Crippen LogP contribution in [0.15, 0.2) is 53.4 Å². The molecule has 2 aromatic carbocycles. The number of carbonyl (C=O) groups is 1. The second-order valence-corrected chi connectivity index (χ2v) is 8.12. The minimum absolute atomic E-state index is 0.0561. The molecule has 0 aliphatic rings. The van der Waals surface area contributed by atoms with Gasteiger partial charge in [0.05, 0.1) is 17.7 Å². The summed E-state index contributed by atoms with van der Waals surface area (Å²) in [5.41, 5.74) is 0.264. The van der Waals surface area contributed by atoms with Gasteiger partial charge in [-0.1, -0.05) is 25.1 Å². The zero-order chi connectivity index (χ0) is 20.0. The molecule has 0 heterocycles. The highest BCUT2D eigenvalue weighted by atomic mass is 32.2. The third-order valence-corrected chi connectivity index (χ3v) is 5.70. The molecule has 0 spiro atoms. The van der Waals surface area contributed by atoms with E-state index < -0.39 is 16.1 Å². The van der Waals surface area contributed by atoms with E-state index in [1.54, 1.807) is 12.1 Å². The van der Waals surface area contributed by atoms with Crippen molar-refractivity contribution in [3.8, 4) is 11.5 Å². The molecule has 0 aliphatic heterocycles. The maximum atomic E-state index is 12.7. The number of rotatable bonds is 8. The zero-order valence-corrected chi connectivity index (χ0v) is 16.6. The molecule has 0 saturated carbocycles. The van der Waals surface area contributed by atoms with E-state index in [1.165, 1.54) is 39.4 Å². The first-order chi connectivity index (χ1) is 12.8. The zero-order valence-electron chi connectivity index (χ0n) is 15.8. The number of hydrogen-bond donors (Lipinski definition) is 1. The van der Waals surface area contributed by atoms with E-state index in [0.29, 0.717) is 17.9 Å². The summed E-state index contributed by atoms with van der Waals surface area (Å²) in [6, 6.07) is 13.3. The minimum atomic E-state index is -3.64. The first kappa shape index (κ1) is 20.7. The third kappa shape index (κ3) is 4.99. The molecule has 0 aromatic heterocycles. The van der Waals surface area contributed by atoms with Crippen LogP contribution in [0.2, 0.25) is 0 Å². The SMILES string of the molecule is CC[C@H](Oc1ccccc1)C(=O)Nc1cc(S(=O)(=O)N(C)C)ccc1OC. The highest BCUT2D eigenvalue weighted by Crippen LogP contribution is 2.29. The van der Waals surface area contributed by atoms with Crippen LogP contribution in [-0.2, 0) is 14.8 Å².